The van der Waals surface area contributed by atoms with Crippen molar-refractivity contribution in [3.63, 3.8) is 0 Å². The number of carbonyl (C=O) groups excluding carboxylic acids is 1. The van der Waals surface area contributed by atoms with Gasteiger partial charge in [-0.2, -0.15) is 13.2 Å². The SMILES string of the molecule is CN1CCN(c2ncccc2CNC(=O)CSc2ccc(C(F)(F)F)cn2)CC1. The van der Waals surface area contributed by atoms with Crippen LogP contribution in [-0.2, 0) is 17.5 Å². The molecule has 0 bridgehead atoms. The number of alkyl halides is 3. The molecule has 0 saturated carbocycles. The van der Waals surface area contributed by atoms with Gasteiger partial charge in [-0.05, 0) is 25.2 Å². The van der Waals surface area contributed by atoms with Gasteiger partial charge in [0.15, 0.2) is 0 Å². The van der Waals surface area contributed by atoms with E-state index in [1.807, 2.05) is 12.1 Å². The van der Waals surface area contributed by atoms with Crippen molar-refractivity contribution in [1.29, 1.82) is 0 Å². The molecule has 1 aliphatic rings. The van der Waals surface area contributed by atoms with Gasteiger partial charge < -0.3 is 15.1 Å². The lowest BCUT2D eigenvalue weighted by Crippen LogP contribution is -2.45. The van der Waals surface area contributed by atoms with Crippen molar-refractivity contribution in [3.05, 3.63) is 47.8 Å². The Morgan fingerprint density at radius 2 is 1.93 bits per heavy atom. The number of anilines is 1. The second-order valence-corrected chi connectivity index (χ2v) is 7.72. The first kappa shape index (κ1) is 21.4. The molecule has 1 saturated heterocycles. The molecule has 0 aromatic carbocycles. The van der Waals surface area contributed by atoms with Crippen LogP contribution in [0.2, 0.25) is 0 Å². The van der Waals surface area contributed by atoms with Crippen LogP contribution in [0, 0.1) is 0 Å². The molecule has 156 valence electrons. The third-order valence-electron chi connectivity index (χ3n) is 4.56. The van der Waals surface area contributed by atoms with E-state index in [1.54, 1.807) is 6.20 Å². The molecule has 2 aromatic rings. The molecular weight excluding hydrogens is 403 g/mol. The summed E-state index contributed by atoms with van der Waals surface area (Å²) in [7, 11) is 2.08. The fourth-order valence-electron chi connectivity index (χ4n) is 2.89. The van der Waals surface area contributed by atoms with E-state index >= 15 is 0 Å². The number of aromatic nitrogens is 2. The highest BCUT2D eigenvalue weighted by Gasteiger charge is 2.30. The van der Waals surface area contributed by atoms with Gasteiger partial charge in [0.2, 0.25) is 5.91 Å². The molecule has 1 N–H and O–H groups in total. The van der Waals surface area contributed by atoms with Crippen molar-refractivity contribution in [2.24, 2.45) is 0 Å². The van der Waals surface area contributed by atoms with Crippen LogP contribution in [0.3, 0.4) is 0 Å². The highest BCUT2D eigenvalue weighted by Crippen LogP contribution is 2.29. The summed E-state index contributed by atoms with van der Waals surface area (Å²) in [5.74, 6) is 0.727. The van der Waals surface area contributed by atoms with E-state index in [-0.39, 0.29) is 11.7 Å². The van der Waals surface area contributed by atoms with Crippen LogP contribution in [0.25, 0.3) is 0 Å². The molecule has 0 unspecified atom stereocenters. The van der Waals surface area contributed by atoms with E-state index in [0.717, 1.165) is 61.6 Å². The summed E-state index contributed by atoms with van der Waals surface area (Å²) in [6, 6.07) is 6.01. The van der Waals surface area contributed by atoms with Gasteiger partial charge in [-0.25, -0.2) is 9.97 Å². The van der Waals surface area contributed by atoms with Crippen molar-refractivity contribution in [2.45, 2.75) is 17.7 Å². The number of halogens is 3. The first-order valence-corrected chi connectivity index (χ1v) is 10.1. The largest absolute Gasteiger partial charge is 0.417 e. The average Bonchev–Trinajstić information content (AvgIpc) is 2.71. The smallest absolute Gasteiger partial charge is 0.354 e. The summed E-state index contributed by atoms with van der Waals surface area (Å²) in [5.41, 5.74) is 0.127. The molecular formula is C19H22F3N5OS. The number of hydrogen-bond acceptors (Lipinski definition) is 6. The third kappa shape index (κ3) is 6.07. The number of nitrogens with zero attached hydrogens (tertiary/aromatic N) is 4. The van der Waals surface area contributed by atoms with Gasteiger partial charge in [0.05, 0.1) is 16.3 Å². The Kier molecular flexibility index (Phi) is 6.96. The first-order valence-electron chi connectivity index (χ1n) is 9.13. The molecule has 1 amide bonds. The average molecular weight is 425 g/mol. The maximum Gasteiger partial charge on any atom is 0.417 e. The highest BCUT2D eigenvalue weighted by molar-refractivity contribution is 7.99. The molecule has 1 aliphatic heterocycles. The lowest BCUT2D eigenvalue weighted by Gasteiger charge is -2.34. The fourth-order valence-corrected chi connectivity index (χ4v) is 3.56. The monoisotopic (exact) mass is 425 g/mol. The standard InChI is InChI=1S/C19H22F3N5OS/c1-26-7-9-27(10-8-26)18-14(3-2-6-23-18)11-24-16(28)13-29-17-5-4-15(12-25-17)19(20,21)22/h2-6,12H,7-11,13H2,1H3,(H,24,28). The van der Waals surface area contributed by atoms with Crippen LogP contribution in [-0.4, -0.2) is 59.8 Å². The second-order valence-electron chi connectivity index (χ2n) is 6.72. The summed E-state index contributed by atoms with van der Waals surface area (Å²) in [5, 5.41) is 3.22. The van der Waals surface area contributed by atoms with E-state index in [2.05, 4.69) is 32.1 Å². The predicted octanol–water partition coefficient (Wildman–Crippen LogP) is 2.66. The van der Waals surface area contributed by atoms with Gasteiger partial charge in [0.25, 0.3) is 0 Å². The number of rotatable bonds is 6. The van der Waals surface area contributed by atoms with Crippen molar-refractivity contribution >= 4 is 23.5 Å². The zero-order valence-corrected chi connectivity index (χ0v) is 16.8. The van der Waals surface area contributed by atoms with Crippen molar-refractivity contribution in [3.8, 4) is 0 Å². The van der Waals surface area contributed by atoms with Crippen LogP contribution in [0.5, 0.6) is 0 Å². The normalized spacial score (nSPS) is 15.4. The number of carbonyl (C=O) groups is 1. The Morgan fingerprint density at radius 1 is 1.17 bits per heavy atom. The number of nitrogens with one attached hydrogen (secondary N) is 1. The minimum absolute atomic E-state index is 0.0719. The molecule has 10 heteroatoms. The molecule has 0 spiro atoms. The minimum Gasteiger partial charge on any atom is -0.354 e. The Hall–Kier alpha value is -2.33. The van der Waals surface area contributed by atoms with Crippen LogP contribution >= 0.6 is 11.8 Å². The minimum atomic E-state index is -4.42. The quantitative estimate of drug-likeness (QED) is 0.718. The zero-order valence-electron chi connectivity index (χ0n) is 15.9. The fraction of sp³-hybridized carbons (Fsp3) is 0.421. The molecule has 0 aliphatic carbocycles. The molecule has 6 nitrogen and oxygen atoms in total. The lowest BCUT2D eigenvalue weighted by molar-refractivity contribution is -0.137. The lowest BCUT2D eigenvalue weighted by atomic mass is 10.2. The molecule has 0 atom stereocenters. The van der Waals surface area contributed by atoms with E-state index < -0.39 is 11.7 Å². The highest BCUT2D eigenvalue weighted by atomic mass is 32.2. The topological polar surface area (TPSA) is 61.4 Å². The van der Waals surface area contributed by atoms with Gasteiger partial charge in [-0.15, -0.1) is 0 Å². The van der Waals surface area contributed by atoms with Crippen molar-refractivity contribution in [1.82, 2.24) is 20.2 Å². The van der Waals surface area contributed by atoms with Gasteiger partial charge in [0, 0.05) is 50.7 Å². The predicted molar refractivity (Wildman–Crippen MR) is 106 cm³/mol. The molecule has 1 fully saturated rings. The van der Waals surface area contributed by atoms with E-state index in [9.17, 15) is 18.0 Å². The van der Waals surface area contributed by atoms with E-state index in [4.69, 9.17) is 0 Å². The summed E-state index contributed by atoms with van der Waals surface area (Å²) in [6.07, 6.45) is -1.90. The molecule has 0 radical (unpaired) electrons. The Bertz CT molecular complexity index is 823. The van der Waals surface area contributed by atoms with E-state index in [0.29, 0.717) is 11.6 Å². The van der Waals surface area contributed by atoms with Gasteiger partial charge >= 0.3 is 6.18 Å². The van der Waals surface area contributed by atoms with Crippen LogP contribution in [0.1, 0.15) is 11.1 Å². The number of thioether (sulfide) groups is 1. The summed E-state index contributed by atoms with van der Waals surface area (Å²) in [6.45, 7) is 4.02. The maximum atomic E-state index is 12.6. The molecule has 3 heterocycles. The molecule has 2 aromatic heterocycles. The van der Waals surface area contributed by atoms with Crippen molar-refractivity contribution in [2.75, 3.05) is 43.9 Å². The van der Waals surface area contributed by atoms with Gasteiger partial charge in [-0.3, -0.25) is 4.79 Å². The summed E-state index contributed by atoms with van der Waals surface area (Å²) < 4.78 is 37.7. The van der Waals surface area contributed by atoms with Gasteiger partial charge in [-0.1, -0.05) is 17.8 Å². The summed E-state index contributed by atoms with van der Waals surface area (Å²) in [4.78, 5) is 24.9. The Balaban J connectivity index is 1.51. The van der Waals surface area contributed by atoms with Crippen molar-refractivity contribution < 1.29 is 18.0 Å². The number of amides is 1. The first-order chi connectivity index (χ1) is 13.8. The van der Waals surface area contributed by atoms with Crippen LogP contribution in [0.4, 0.5) is 19.0 Å². The number of piperazine rings is 1. The van der Waals surface area contributed by atoms with Crippen LogP contribution in [0.15, 0.2) is 41.7 Å². The molecule has 3 rings (SSSR count). The number of likely N-dealkylation sites (N-methyl/N-ethyl adjacent to an activating group) is 1. The third-order valence-corrected chi connectivity index (χ3v) is 5.50. The second kappa shape index (κ2) is 9.45. The summed E-state index contributed by atoms with van der Waals surface area (Å²) >= 11 is 1.09. The number of hydrogen-bond donors (Lipinski definition) is 1. The molecule has 29 heavy (non-hydrogen) atoms. The zero-order chi connectivity index (χ0) is 20.9. The van der Waals surface area contributed by atoms with E-state index in [1.165, 1.54) is 6.07 Å². The van der Waals surface area contributed by atoms with Gasteiger partial charge in [0.1, 0.15) is 5.82 Å². The number of pyridine rings is 2. The van der Waals surface area contributed by atoms with Crippen LogP contribution < -0.4 is 10.2 Å². The maximum absolute atomic E-state index is 12.6. The Morgan fingerprint density at radius 3 is 2.59 bits per heavy atom. The Labute approximate surface area is 171 Å².